The standard InChI is InChI=1S/C12H22O2/c1-11(2)7-5-6-9(8-11)12(3,4)10(13)14/h9H,5-8H2,1-4H3,(H,13,14). The summed E-state index contributed by atoms with van der Waals surface area (Å²) in [6, 6.07) is 0. The van der Waals surface area contributed by atoms with E-state index in [0.29, 0.717) is 11.3 Å². The minimum absolute atomic E-state index is 0.329. The van der Waals surface area contributed by atoms with Crippen molar-refractivity contribution in [2.75, 3.05) is 0 Å². The van der Waals surface area contributed by atoms with Crippen LogP contribution in [0.15, 0.2) is 0 Å². The molecule has 0 saturated heterocycles. The number of aliphatic carboxylic acids is 1. The van der Waals surface area contributed by atoms with Crippen molar-refractivity contribution < 1.29 is 9.90 Å². The zero-order chi connectivity index (χ0) is 11.0. The van der Waals surface area contributed by atoms with Crippen LogP contribution in [0.2, 0.25) is 0 Å². The molecule has 0 radical (unpaired) electrons. The second-order valence-corrected chi connectivity index (χ2v) is 5.98. The maximum atomic E-state index is 11.1. The normalized spacial score (nSPS) is 27.3. The van der Waals surface area contributed by atoms with E-state index in [4.69, 9.17) is 5.11 Å². The Morgan fingerprint density at radius 2 is 2.00 bits per heavy atom. The Hall–Kier alpha value is -0.530. The molecule has 0 aromatic carbocycles. The summed E-state index contributed by atoms with van der Waals surface area (Å²) < 4.78 is 0. The Morgan fingerprint density at radius 3 is 2.43 bits per heavy atom. The van der Waals surface area contributed by atoms with Crippen LogP contribution >= 0.6 is 0 Å². The molecule has 2 heteroatoms. The van der Waals surface area contributed by atoms with Gasteiger partial charge in [-0.3, -0.25) is 4.79 Å². The molecule has 1 atom stereocenters. The van der Waals surface area contributed by atoms with Gasteiger partial charge in [0.25, 0.3) is 0 Å². The van der Waals surface area contributed by atoms with E-state index in [2.05, 4.69) is 13.8 Å². The van der Waals surface area contributed by atoms with Crippen LogP contribution < -0.4 is 0 Å². The van der Waals surface area contributed by atoms with Gasteiger partial charge >= 0.3 is 5.97 Å². The topological polar surface area (TPSA) is 37.3 Å². The fraction of sp³-hybridized carbons (Fsp3) is 0.917. The Labute approximate surface area is 86.7 Å². The molecule has 2 nitrogen and oxygen atoms in total. The molecule has 0 amide bonds. The van der Waals surface area contributed by atoms with Gasteiger partial charge in [-0.1, -0.05) is 20.3 Å². The van der Waals surface area contributed by atoms with Crippen LogP contribution in [-0.4, -0.2) is 11.1 Å². The van der Waals surface area contributed by atoms with E-state index in [0.717, 1.165) is 12.8 Å². The Balaban J connectivity index is 2.74. The lowest BCUT2D eigenvalue weighted by molar-refractivity contribution is -0.151. The van der Waals surface area contributed by atoms with Crippen molar-refractivity contribution in [1.82, 2.24) is 0 Å². The molecular weight excluding hydrogens is 176 g/mol. The molecule has 1 rings (SSSR count). The summed E-state index contributed by atoms with van der Waals surface area (Å²) in [7, 11) is 0. The molecule has 1 fully saturated rings. The predicted molar refractivity (Wildman–Crippen MR) is 57.2 cm³/mol. The predicted octanol–water partition coefficient (Wildman–Crippen LogP) is 3.31. The molecule has 1 unspecified atom stereocenters. The lowest BCUT2D eigenvalue weighted by Crippen LogP contribution is -2.38. The number of carboxylic acid groups (broad SMARTS) is 1. The highest BCUT2D eigenvalue weighted by atomic mass is 16.4. The van der Waals surface area contributed by atoms with Crippen molar-refractivity contribution in [3.63, 3.8) is 0 Å². The third-order valence-corrected chi connectivity index (χ3v) is 3.78. The zero-order valence-electron chi connectivity index (χ0n) is 9.76. The summed E-state index contributed by atoms with van der Waals surface area (Å²) in [6.45, 7) is 8.22. The lowest BCUT2D eigenvalue weighted by atomic mass is 9.63. The molecule has 82 valence electrons. The van der Waals surface area contributed by atoms with Crippen molar-refractivity contribution >= 4 is 5.97 Å². The van der Waals surface area contributed by atoms with Crippen LogP contribution in [0.5, 0.6) is 0 Å². The quantitative estimate of drug-likeness (QED) is 0.739. The van der Waals surface area contributed by atoms with Crippen LogP contribution in [-0.2, 0) is 4.79 Å². The van der Waals surface area contributed by atoms with E-state index < -0.39 is 11.4 Å². The first kappa shape index (κ1) is 11.5. The minimum Gasteiger partial charge on any atom is -0.481 e. The molecule has 0 aromatic rings. The monoisotopic (exact) mass is 198 g/mol. The van der Waals surface area contributed by atoms with Crippen molar-refractivity contribution in [3.8, 4) is 0 Å². The van der Waals surface area contributed by atoms with Gasteiger partial charge in [0, 0.05) is 0 Å². The summed E-state index contributed by atoms with van der Waals surface area (Å²) in [5, 5.41) is 9.16. The van der Waals surface area contributed by atoms with E-state index in [1.54, 1.807) is 0 Å². The van der Waals surface area contributed by atoms with E-state index in [1.165, 1.54) is 12.8 Å². The van der Waals surface area contributed by atoms with Gasteiger partial charge in [-0.25, -0.2) is 0 Å². The second-order valence-electron chi connectivity index (χ2n) is 5.98. The second kappa shape index (κ2) is 3.56. The minimum atomic E-state index is -0.653. The average Bonchev–Trinajstić information content (AvgIpc) is 2.02. The first-order valence-electron chi connectivity index (χ1n) is 5.49. The molecule has 1 aliphatic carbocycles. The van der Waals surface area contributed by atoms with Crippen LogP contribution in [0.1, 0.15) is 53.4 Å². The highest BCUT2D eigenvalue weighted by Gasteiger charge is 2.41. The van der Waals surface area contributed by atoms with Crippen LogP contribution in [0.25, 0.3) is 0 Å². The maximum absolute atomic E-state index is 11.1. The molecule has 0 aromatic heterocycles. The largest absolute Gasteiger partial charge is 0.481 e. The molecule has 0 heterocycles. The van der Waals surface area contributed by atoms with Crippen LogP contribution in [0.3, 0.4) is 0 Å². The van der Waals surface area contributed by atoms with E-state index >= 15 is 0 Å². The van der Waals surface area contributed by atoms with Gasteiger partial charge in [-0.15, -0.1) is 0 Å². The summed E-state index contributed by atoms with van der Waals surface area (Å²) in [6.07, 6.45) is 4.53. The van der Waals surface area contributed by atoms with Gasteiger partial charge < -0.3 is 5.11 Å². The third-order valence-electron chi connectivity index (χ3n) is 3.78. The number of carbonyl (C=O) groups is 1. The smallest absolute Gasteiger partial charge is 0.309 e. The summed E-state index contributed by atoms with van der Waals surface area (Å²) in [5.41, 5.74) is -0.229. The third kappa shape index (κ3) is 2.28. The van der Waals surface area contributed by atoms with Gasteiger partial charge in [-0.2, -0.15) is 0 Å². The average molecular weight is 198 g/mol. The Morgan fingerprint density at radius 1 is 1.43 bits per heavy atom. The van der Waals surface area contributed by atoms with Crippen molar-refractivity contribution in [2.24, 2.45) is 16.7 Å². The van der Waals surface area contributed by atoms with Gasteiger partial charge in [0.05, 0.1) is 5.41 Å². The zero-order valence-corrected chi connectivity index (χ0v) is 9.76. The fourth-order valence-electron chi connectivity index (χ4n) is 2.49. The van der Waals surface area contributed by atoms with Crippen molar-refractivity contribution in [3.05, 3.63) is 0 Å². The highest BCUT2D eigenvalue weighted by molar-refractivity contribution is 5.74. The van der Waals surface area contributed by atoms with Crippen molar-refractivity contribution in [2.45, 2.75) is 53.4 Å². The lowest BCUT2D eigenvalue weighted by Gasteiger charge is -2.41. The van der Waals surface area contributed by atoms with Gasteiger partial charge in [0.2, 0.25) is 0 Å². The molecule has 1 saturated carbocycles. The molecule has 0 aliphatic heterocycles. The summed E-state index contributed by atoms with van der Waals surface area (Å²) in [5.74, 6) is -0.316. The molecule has 14 heavy (non-hydrogen) atoms. The summed E-state index contributed by atoms with van der Waals surface area (Å²) >= 11 is 0. The number of rotatable bonds is 2. The van der Waals surface area contributed by atoms with Gasteiger partial charge in [0.15, 0.2) is 0 Å². The highest BCUT2D eigenvalue weighted by Crippen LogP contribution is 2.46. The Bertz CT molecular complexity index is 228. The van der Waals surface area contributed by atoms with E-state index in [-0.39, 0.29) is 0 Å². The Kier molecular flexibility index (Phi) is 2.93. The molecular formula is C12H22O2. The first-order valence-corrected chi connectivity index (χ1v) is 5.49. The molecule has 1 aliphatic rings. The molecule has 0 bridgehead atoms. The number of carboxylic acids is 1. The van der Waals surface area contributed by atoms with Crippen LogP contribution in [0.4, 0.5) is 0 Å². The SMILES string of the molecule is CC1(C)CCCC(C(C)(C)C(=O)O)C1. The van der Waals surface area contributed by atoms with E-state index in [9.17, 15) is 4.79 Å². The fourth-order valence-corrected chi connectivity index (χ4v) is 2.49. The van der Waals surface area contributed by atoms with Gasteiger partial charge in [-0.05, 0) is 44.4 Å². The number of hydrogen-bond acceptors (Lipinski definition) is 1. The van der Waals surface area contributed by atoms with Crippen LogP contribution in [0, 0.1) is 16.7 Å². The first-order chi connectivity index (χ1) is 6.26. The van der Waals surface area contributed by atoms with E-state index in [1.807, 2.05) is 13.8 Å². The maximum Gasteiger partial charge on any atom is 0.309 e. The van der Waals surface area contributed by atoms with Gasteiger partial charge in [0.1, 0.15) is 0 Å². The van der Waals surface area contributed by atoms with Crippen molar-refractivity contribution in [1.29, 1.82) is 0 Å². The molecule has 0 spiro atoms. The number of hydrogen-bond donors (Lipinski definition) is 1. The molecule has 1 N–H and O–H groups in total. The summed E-state index contributed by atoms with van der Waals surface area (Å²) in [4.78, 5) is 11.1.